The maximum Gasteiger partial charge on any atom is 0.269 e. The molecule has 6 nitrogen and oxygen atoms in total. The molecule has 0 bridgehead atoms. The molecule has 130 valence electrons. The van der Waals surface area contributed by atoms with E-state index in [-0.39, 0.29) is 23.4 Å². The Morgan fingerprint density at radius 1 is 1.12 bits per heavy atom. The zero-order valence-corrected chi connectivity index (χ0v) is 14.5. The molecule has 1 amide bonds. The summed E-state index contributed by atoms with van der Waals surface area (Å²) in [4.78, 5) is 22.0. The van der Waals surface area contributed by atoms with Crippen LogP contribution in [0.3, 0.4) is 0 Å². The number of carbonyl (C=O) groups excluding carboxylic acids is 1. The molecule has 2 aromatic rings. The van der Waals surface area contributed by atoms with Gasteiger partial charge in [0.1, 0.15) is 0 Å². The van der Waals surface area contributed by atoms with Crippen molar-refractivity contribution < 1.29 is 9.72 Å². The van der Waals surface area contributed by atoms with Crippen LogP contribution in [-0.4, -0.2) is 17.0 Å². The molecule has 25 heavy (non-hydrogen) atoms. The largest absolute Gasteiger partial charge is 0.273 e. The third-order valence-electron chi connectivity index (χ3n) is 3.69. The van der Waals surface area contributed by atoms with Gasteiger partial charge in [-0.1, -0.05) is 57.2 Å². The van der Waals surface area contributed by atoms with Crippen molar-refractivity contribution in [2.45, 2.75) is 32.6 Å². The van der Waals surface area contributed by atoms with Gasteiger partial charge in [-0.05, 0) is 22.1 Å². The van der Waals surface area contributed by atoms with Gasteiger partial charge in [-0.2, -0.15) is 5.10 Å². The summed E-state index contributed by atoms with van der Waals surface area (Å²) < 4.78 is 0. The van der Waals surface area contributed by atoms with Crippen LogP contribution in [0, 0.1) is 10.1 Å². The van der Waals surface area contributed by atoms with E-state index in [4.69, 9.17) is 0 Å². The minimum absolute atomic E-state index is 0.000817. The number of rotatable bonds is 5. The van der Waals surface area contributed by atoms with Gasteiger partial charge in [-0.3, -0.25) is 14.9 Å². The molecular weight excluding hydrogens is 318 g/mol. The number of benzene rings is 2. The Morgan fingerprint density at radius 2 is 1.72 bits per heavy atom. The zero-order valence-electron chi connectivity index (χ0n) is 14.5. The summed E-state index contributed by atoms with van der Waals surface area (Å²) in [5.41, 5.74) is 5.36. The van der Waals surface area contributed by atoms with Crippen LogP contribution in [0.15, 0.2) is 53.6 Å². The van der Waals surface area contributed by atoms with E-state index in [1.807, 2.05) is 24.3 Å². The van der Waals surface area contributed by atoms with Crippen molar-refractivity contribution in [3.05, 3.63) is 75.3 Å². The summed E-state index contributed by atoms with van der Waals surface area (Å²) in [6, 6.07) is 13.9. The lowest BCUT2D eigenvalue weighted by molar-refractivity contribution is -0.384. The van der Waals surface area contributed by atoms with Crippen molar-refractivity contribution in [3.63, 3.8) is 0 Å². The quantitative estimate of drug-likeness (QED) is 0.513. The van der Waals surface area contributed by atoms with Crippen LogP contribution in [0.2, 0.25) is 0 Å². The molecule has 0 atom stereocenters. The third kappa shape index (κ3) is 5.53. The van der Waals surface area contributed by atoms with E-state index < -0.39 is 4.92 Å². The van der Waals surface area contributed by atoms with Gasteiger partial charge in [-0.15, -0.1) is 0 Å². The van der Waals surface area contributed by atoms with Crippen molar-refractivity contribution in [1.29, 1.82) is 0 Å². The van der Waals surface area contributed by atoms with Gasteiger partial charge in [0.25, 0.3) is 5.69 Å². The smallest absolute Gasteiger partial charge is 0.269 e. The van der Waals surface area contributed by atoms with Gasteiger partial charge >= 0.3 is 0 Å². The second kappa shape index (κ2) is 7.70. The van der Waals surface area contributed by atoms with Gasteiger partial charge in [0, 0.05) is 12.1 Å². The fraction of sp³-hybridized carbons (Fsp3) is 0.263. The number of hydrogen-bond acceptors (Lipinski definition) is 4. The summed E-state index contributed by atoms with van der Waals surface area (Å²) in [5, 5.41) is 14.5. The highest BCUT2D eigenvalue weighted by Gasteiger charge is 2.12. The molecule has 0 aliphatic heterocycles. The van der Waals surface area contributed by atoms with Crippen LogP contribution in [0.4, 0.5) is 5.69 Å². The highest BCUT2D eigenvalue weighted by atomic mass is 16.6. The molecule has 1 N–H and O–H groups in total. The minimum Gasteiger partial charge on any atom is -0.273 e. The SMILES string of the molecule is CC(C)(C)c1ccc(C=NNC(=O)Cc2ccc([N+](=O)[O-])cc2)cc1. The van der Waals surface area contributed by atoms with Gasteiger partial charge in [0.05, 0.1) is 17.6 Å². The lowest BCUT2D eigenvalue weighted by Gasteiger charge is -2.18. The molecule has 0 aliphatic rings. The first-order valence-corrected chi connectivity index (χ1v) is 7.91. The Bertz CT molecular complexity index is 773. The summed E-state index contributed by atoms with van der Waals surface area (Å²) in [6.45, 7) is 6.44. The number of nitro groups is 1. The normalized spacial score (nSPS) is 11.5. The Hall–Kier alpha value is -3.02. The molecule has 0 unspecified atom stereocenters. The second-order valence-corrected chi connectivity index (χ2v) is 6.77. The molecular formula is C19H21N3O3. The number of amides is 1. The number of hydrogen-bond donors (Lipinski definition) is 1. The first-order chi connectivity index (χ1) is 11.8. The van der Waals surface area contributed by atoms with E-state index in [1.165, 1.54) is 17.7 Å². The van der Waals surface area contributed by atoms with E-state index in [0.717, 1.165) is 5.56 Å². The molecule has 0 aromatic heterocycles. The minimum atomic E-state index is -0.473. The summed E-state index contributed by atoms with van der Waals surface area (Å²) in [5.74, 6) is -0.281. The fourth-order valence-electron chi connectivity index (χ4n) is 2.21. The Labute approximate surface area is 146 Å². The molecule has 0 heterocycles. The van der Waals surface area contributed by atoms with Crippen molar-refractivity contribution in [3.8, 4) is 0 Å². The van der Waals surface area contributed by atoms with E-state index in [9.17, 15) is 14.9 Å². The van der Waals surface area contributed by atoms with Gasteiger partial charge in [-0.25, -0.2) is 5.43 Å². The molecule has 0 spiro atoms. The van der Waals surface area contributed by atoms with E-state index in [2.05, 4.69) is 31.3 Å². The third-order valence-corrected chi connectivity index (χ3v) is 3.69. The summed E-state index contributed by atoms with van der Waals surface area (Å²) in [6.07, 6.45) is 1.69. The van der Waals surface area contributed by atoms with Gasteiger partial charge in [0.15, 0.2) is 0 Å². The molecule has 6 heteroatoms. The standard InChI is InChI=1S/C19H21N3O3/c1-19(2,3)16-8-4-15(5-9-16)13-20-21-18(23)12-14-6-10-17(11-7-14)22(24)25/h4-11,13H,12H2,1-3H3,(H,21,23). The maximum absolute atomic E-state index is 11.8. The topological polar surface area (TPSA) is 84.6 Å². The van der Waals surface area contributed by atoms with Crippen molar-refractivity contribution >= 4 is 17.8 Å². The number of nitrogens with zero attached hydrogens (tertiary/aromatic N) is 2. The van der Waals surface area contributed by atoms with Crippen molar-refractivity contribution in [2.24, 2.45) is 5.10 Å². The maximum atomic E-state index is 11.8. The Morgan fingerprint density at radius 3 is 2.24 bits per heavy atom. The molecule has 0 radical (unpaired) electrons. The van der Waals surface area contributed by atoms with Crippen LogP contribution in [0.25, 0.3) is 0 Å². The Kier molecular flexibility index (Phi) is 5.64. The lowest BCUT2D eigenvalue weighted by atomic mass is 9.87. The van der Waals surface area contributed by atoms with E-state index >= 15 is 0 Å². The summed E-state index contributed by atoms with van der Waals surface area (Å²) in [7, 11) is 0. The predicted molar refractivity (Wildman–Crippen MR) is 97.7 cm³/mol. The predicted octanol–water partition coefficient (Wildman–Crippen LogP) is 3.59. The van der Waals surface area contributed by atoms with Crippen LogP contribution in [-0.2, 0) is 16.6 Å². The van der Waals surface area contributed by atoms with E-state index in [0.29, 0.717) is 5.56 Å². The number of nitrogens with one attached hydrogen (secondary N) is 1. The summed E-state index contributed by atoms with van der Waals surface area (Å²) >= 11 is 0. The monoisotopic (exact) mass is 339 g/mol. The van der Waals surface area contributed by atoms with Crippen LogP contribution >= 0.6 is 0 Å². The first kappa shape index (κ1) is 18.3. The van der Waals surface area contributed by atoms with Gasteiger partial charge < -0.3 is 0 Å². The molecule has 2 aromatic carbocycles. The lowest BCUT2D eigenvalue weighted by Crippen LogP contribution is -2.19. The number of carbonyl (C=O) groups is 1. The molecule has 0 fully saturated rings. The highest BCUT2D eigenvalue weighted by molar-refractivity contribution is 5.83. The number of nitro benzene ring substituents is 1. The molecule has 0 saturated heterocycles. The average molecular weight is 339 g/mol. The fourth-order valence-corrected chi connectivity index (χ4v) is 2.21. The molecule has 0 saturated carbocycles. The highest BCUT2D eigenvalue weighted by Crippen LogP contribution is 2.21. The van der Waals surface area contributed by atoms with E-state index in [1.54, 1.807) is 18.3 Å². The van der Waals surface area contributed by atoms with Crippen LogP contribution < -0.4 is 5.43 Å². The van der Waals surface area contributed by atoms with Gasteiger partial charge in [0.2, 0.25) is 5.91 Å². The average Bonchev–Trinajstić information content (AvgIpc) is 2.55. The molecule has 2 rings (SSSR count). The second-order valence-electron chi connectivity index (χ2n) is 6.77. The van der Waals surface area contributed by atoms with Crippen molar-refractivity contribution in [2.75, 3.05) is 0 Å². The first-order valence-electron chi connectivity index (χ1n) is 7.91. The van der Waals surface area contributed by atoms with Crippen LogP contribution in [0.1, 0.15) is 37.5 Å². The number of hydrazone groups is 1. The zero-order chi connectivity index (χ0) is 18.4. The number of non-ortho nitro benzene ring substituents is 1. The van der Waals surface area contributed by atoms with Crippen molar-refractivity contribution in [1.82, 2.24) is 5.43 Å². The van der Waals surface area contributed by atoms with Crippen LogP contribution in [0.5, 0.6) is 0 Å². The Balaban J connectivity index is 1.88. The molecule has 0 aliphatic carbocycles.